The van der Waals surface area contributed by atoms with Gasteiger partial charge in [-0.15, -0.1) is 0 Å². The summed E-state index contributed by atoms with van der Waals surface area (Å²) in [7, 11) is 0. The molecule has 33 heavy (non-hydrogen) atoms. The summed E-state index contributed by atoms with van der Waals surface area (Å²) in [5.41, 5.74) is 1.03. The SMILES string of the molecule is C[C@H]1CN(C(c2ccc(F)cc2)c2ccc(F)cc2)[C@H](CO)CN1C(=O)OC(C)(C)C.S.S. The van der Waals surface area contributed by atoms with Gasteiger partial charge in [0.05, 0.1) is 18.7 Å². The Bertz CT molecular complexity index is 847. The predicted octanol–water partition coefficient (Wildman–Crippen LogP) is 4.58. The van der Waals surface area contributed by atoms with E-state index in [9.17, 15) is 18.7 Å². The fraction of sp³-hybridized carbons (Fsp3) is 0.458. The van der Waals surface area contributed by atoms with Crippen LogP contribution in [0.4, 0.5) is 13.6 Å². The summed E-state index contributed by atoms with van der Waals surface area (Å²) in [6, 6.07) is 11.5. The highest BCUT2D eigenvalue weighted by atomic mass is 32.1. The van der Waals surface area contributed by atoms with E-state index in [1.807, 2.05) is 27.7 Å². The lowest BCUT2D eigenvalue weighted by molar-refractivity contribution is -0.0299. The van der Waals surface area contributed by atoms with Crippen molar-refractivity contribution in [2.75, 3.05) is 19.7 Å². The molecule has 3 rings (SSSR count). The number of benzene rings is 2. The van der Waals surface area contributed by atoms with Gasteiger partial charge < -0.3 is 14.7 Å². The molecule has 0 saturated carbocycles. The van der Waals surface area contributed by atoms with Crippen molar-refractivity contribution in [1.29, 1.82) is 0 Å². The number of aliphatic hydroxyl groups excluding tert-OH is 1. The zero-order valence-corrected chi connectivity index (χ0v) is 21.4. The van der Waals surface area contributed by atoms with Crippen LogP contribution in [0.3, 0.4) is 0 Å². The van der Waals surface area contributed by atoms with Gasteiger partial charge in [-0.2, -0.15) is 27.0 Å². The van der Waals surface area contributed by atoms with Gasteiger partial charge in [-0.1, -0.05) is 24.3 Å². The second kappa shape index (κ2) is 12.1. The molecular formula is C24H34F2N2O3S2. The Morgan fingerprint density at radius 1 is 1.00 bits per heavy atom. The van der Waals surface area contributed by atoms with Gasteiger partial charge in [-0.05, 0) is 63.1 Å². The topological polar surface area (TPSA) is 53.0 Å². The Kier molecular flexibility index (Phi) is 10.7. The highest BCUT2D eigenvalue weighted by Crippen LogP contribution is 2.34. The average molecular weight is 501 g/mol. The number of hydrogen-bond acceptors (Lipinski definition) is 4. The van der Waals surface area contributed by atoms with E-state index in [1.54, 1.807) is 29.2 Å². The highest BCUT2D eigenvalue weighted by molar-refractivity contribution is 7.59. The van der Waals surface area contributed by atoms with Crippen molar-refractivity contribution >= 4 is 33.1 Å². The van der Waals surface area contributed by atoms with E-state index in [1.165, 1.54) is 24.3 Å². The molecule has 5 nitrogen and oxygen atoms in total. The van der Waals surface area contributed by atoms with E-state index >= 15 is 0 Å². The fourth-order valence-electron chi connectivity index (χ4n) is 3.98. The molecule has 9 heteroatoms. The molecule has 0 unspecified atom stereocenters. The molecule has 1 saturated heterocycles. The Hall–Kier alpha value is -1.81. The Balaban J connectivity index is 0.00000272. The Labute approximate surface area is 208 Å². The van der Waals surface area contributed by atoms with Crippen LogP contribution >= 0.6 is 27.0 Å². The molecule has 2 atom stereocenters. The number of amides is 1. The van der Waals surface area contributed by atoms with Crippen molar-refractivity contribution < 1.29 is 23.4 Å². The molecule has 1 aliphatic heterocycles. The number of carbonyl (C=O) groups excluding carboxylic acids is 1. The number of piperazine rings is 1. The highest BCUT2D eigenvalue weighted by Gasteiger charge is 2.39. The van der Waals surface area contributed by atoms with Crippen molar-refractivity contribution in [3.8, 4) is 0 Å². The lowest BCUT2D eigenvalue weighted by Gasteiger charge is -2.48. The second-order valence-electron chi connectivity index (χ2n) is 9.02. The van der Waals surface area contributed by atoms with Gasteiger partial charge in [-0.3, -0.25) is 4.90 Å². The molecule has 1 fully saturated rings. The quantitative estimate of drug-likeness (QED) is 0.668. The van der Waals surface area contributed by atoms with E-state index in [4.69, 9.17) is 4.74 Å². The molecule has 184 valence electrons. The third-order valence-electron chi connectivity index (χ3n) is 5.43. The maximum atomic E-state index is 13.6. The van der Waals surface area contributed by atoms with Crippen molar-refractivity contribution in [2.45, 2.75) is 51.4 Å². The summed E-state index contributed by atoms with van der Waals surface area (Å²) in [4.78, 5) is 16.4. The van der Waals surface area contributed by atoms with Crippen LogP contribution in [0.15, 0.2) is 48.5 Å². The van der Waals surface area contributed by atoms with E-state index in [2.05, 4.69) is 4.90 Å². The first-order valence-electron chi connectivity index (χ1n) is 10.5. The monoisotopic (exact) mass is 500 g/mol. The number of aliphatic hydroxyl groups is 1. The average Bonchev–Trinajstić information content (AvgIpc) is 2.70. The van der Waals surface area contributed by atoms with Crippen LogP contribution < -0.4 is 0 Å². The summed E-state index contributed by atoms with van der Waals surface area (Å²) in [5.74, 6) is -0.688. The molecule has 2 aromatic rings. The minimum absolute atomic E-state index is 0. The molecule has 1 N–H and O–H groups in total. The first-order valence-corrected chi connectivity index (χ1v) is 10.5. The molecule has 0 bridgehead atoms. The maximum absolute atomic E-state index is 13.6. The summed E-state index contributed by atoms with van der Waals surface area (Å²) in [6.07, 6.45) is -0.418. The minimum atomic E-state index is -0.618. The predicted molar refractivity (Wildman–Crippen MR) is 135 cm³/mol. The van der Waals surface area contributed by atoms with Crippen molar-refractivity contribution in [3.05, 3.63) is 71.3 Å². The van der Waals surface area contributed by atoms with Gasteiger partial charge >= 0.3 is 6.09 Å². The van der Waals surface area contributed by atoms with E-state index in [0.29, 0.717) is 6.54 Å². The third-order valence-corrected chi connectivity index (χ3v) is 5.43. The molecule has 0 aliphatic carbocycles. The molecule has 1 aliphatic rings. The molecular weight excluding hydrogens is 466 g/mol. The van der Waals surface area contributed by atoms with E-state index in [-0.39, 0.29) is 69.9 Å². The standard InChI is InChI=1S/C24H30F2N2O3.2H2S/c1-16-13-28(21(15-29)14-27(16)23(30)31-24(2,3)4)22(17-5-9-19(25)10-6-17)18-7-11-20(26)12-8-18;;/h5-12,16,21-22,29H,13-15H2,1-4H3;2*1H2/t16-,21-;;/m0../s1. The Morgan fingerprint density at radius 3 is 1.85 bits per heavy atom. The van der Waals surface area contributed by atoms with Crippen LogP contribution in [0.25, 0.3) is 0 Å². The summed E-state index contributed by atoms with van der Waals surface area (Å²) in [5, 5.41) is 10.2. The number of halogens is 2. The van der Waals surface area contributed by atoms with Crippen molar-refractivity contribution in [1.82, 2.24) is 9.80 Å². The first kappa shape index (κ1) is 29.2. The van der Waals surface area contributed by atoms with Crippen LogP contribution in [0, 0.1) is 11.6 Å². The summed E-state index contributed by atoms with van der Waals surface area (Å²) in [6.45, 7) is 7.94. The number of nitrogens with zero attached hydrogens (tertiary/aromatic N) is 2. The fourth-order valence-corrected chi connectivity index (χ4v) is 3.98. The number of carbonyl (C=O) groups is 1. The van der Waals surface area contributed by atoms with E-state index in [0.717, 1.165) is 11.1 Å². The lowest BCUT2D eigenvalue weighted by Crippen LogP contribution is -2.61. The number of hydrogen-bond donors (Lipinski definition) is 1. The van der Waals surface area contributed by atoms with Crippen molar-refractivity contribution in [2.24, 2.45) is 0 Å². The molecule has 0 radical (unpaired) electrons. The molecule has 2 aromatic carbocycles. The van der Waals surface area contributed by atoms with Gasteiger partial charge in [0.2, 0.25) is 0 Å². The van der Waals surface area contributed by atoms with Gasteiger partial charge in [0.1, 0.15) is 17.2 Å². The molecule has 0 aromatic heterocycles. The van der Waals surface area contributed by atoms with Crippen LogP contribution in [0.5, 0.6) is 0 Å². The molecule has 1 heterocycles. The van der Waals surface area contributed by atoms with Gasteiger partial charge in [0.15, 0.2) is 0 Å². The lowest BCUT2D eigenvalue weighted by atomic mass is 9.93. The minimum Gasteiger partial charge on any atom is -0.444 e. The van der Waals surface area contributed by atoms with Crippen LogP contribution in [0.1, 0.15) is 44.9 Å². The van der Waals surface area contributed by atoms with Crippen LogP contribution in [-0.2, 0) is 4.74 Å². The number of rotatable bonds is 4. The Morgan fingerprint density at radius 2 is 1.45 bits per heavy atom. The molecule has 1 amide bonds. The second-order valence-corrected chi connectivity index (χ2v) is 9.02. The van der Waals surface area contributed by atoms with Gasteiger partial charge in [-0.25, -0.2) is 13.6 Å². The third kappa shape index (κ3) is 7.34. The smallest absolute Gasteiger partial charge is 0.410 e. The van der Waals surface area contributed by atoms with Gasteiger partial charge in [0, 0.05) is 19.1 Å². The summed E-state index contributed by atoms with van der Waals surface area (Å²) < 4.78 is 32.7. The largest absolute Gasteiger partial charge is 0.444 e. The van der Waals surface area contributed by atoms with Crippen LogP contribution in [-0.4, -0.2) is 58.4 Å². The maximum Gasteiger partial charge on any atom is 0.410 e. The van der Waals surface area contributed by atoms with Crippen LogP contribution in [0.2, 0.25) is 0 Å². The summed E-state index contributed by atoms with van der Waals surface area (Å²) >= 11 is 0. The molecule has 0 spiro atoms. The zero-order chi connectivity index (χ0) is 22.8. The van der Waals surface area contributed by atoms with Crippen molar-refractivity contribution in [3.63, 3.8) is 0 Å². The number of ether oxygens (including phenoxy) is 1. The zero-order valence-electron chi connectivity index (χ0n) is 19.4. The normalized spacial score (nSPS) is 19.0. The van der Waals surface area contributed by atoms with Gasteiger partial charge in [0.25, 0.3) is 0 Å². The van der Waals surface area contributed by atoms with E-state index < -0.39 is 11.7 Å². The first-order chi connectivity index (χ1) is 14.6.